The Balaban J connectivity index is 1.97. The molecule has 98 valence electrons. The molecule has 0 aliphatic heterocycles. The average Bonchev–Trinajstić information content (AvgIpc) is 2.82. The topological polar surface area (TPSA) is 76.0 Å². The Morgan fingerprint density at radius 2 is 2.00 bits per heavy atom. The lowest BCUT2D eigenvalue weighted by atomic mass is 9.83. The van der Waals surface area contributed by atoms with E-state index in [0.29, 0.717) is 24.5 Å². The van der Waals surface area contributed by atoms with E-state index in [0.717, 1.165) is 23.7 Å². The van der Waals surface area contributed by atoms with Gasteiger partial charge < -0.3 is 4.98 Å². The molecule has 5 heteroatoms. The first-order valence-corrected chi connectivity index (χ1v) is 6.42. The highest BCUT2D eigenvalue weighted by molar-refractivity contribution is 5.86. The van der Waals surface area contributed by atoms with Crippen LogP contribution in [0.15, 0.2) is 24.4 Å². The summed E-state index contributed by atoms with van der Waals surface area (Å²) in [5.41, 5.74) is 2.07. The van der Waals surface area contributed by atoms with Crippen LogP contribution in [-0.2, 0) is 4.79 Å². The molecule has 3 rings (SSSR count). The number of carbonyl (C=O) groups is 1. The fourth-order valence-electron chi connectivity index (χ4n) is 2.84. The summed E-state index contributed by atoms with van der Waals surface area (Å²) < 4.78 is 0. The number of nitro benzene ring substituents is 1. The summed E-state index contributed by atoms with van der Waals surface area (Å²) in [5, 5.41) is 11.8. The minimum atomic E-state index is -0.390. The van der Waals surface area contributed by atoms with Gasteiger partial charge in [-0.2, -0.15) is 0 Å². The van der Waals surface area contributed by atoms with Crippen LogP contribution in [0.25, 0.3) is 10.9 Å². The molecule has 0 spiro atoms. The van der Waals surface area contributed by atoms with Crippen LogP contribution in [0, 0.1) is 10.1 Å². The molecule has 2 aromatic rings. The fourth-order valence-corrected chi connectivity index (χ4v) is 2.84. The number of non-ortho nitro benzene ring substituents is 1. The largest absolute Gasteiger partial charge is 0.361 e. The molecular weight excluding hydrogens is 244 g/mol. The number of nitrogens with one attached hydrogen (secondary N) is 1. The third kappa shape index (κ3) is 2.12. The van der Waals surface area contributed by atoms with Gasteiger partial charge in [0.05, 0.1) is 10.4 Å². The molecule has 19 heavy (non-hydrogen) atoms. The fraction of sp³-hybridized carbons (Fsp3) is 0.357. The van der Waals surface area contributed by atoms with E-state index in [-0.39, 0.29) is 10.6 Å². The Morgan fingerprint density at radius 3 is 2.68 bits per heavy atom. The number of ketones is 1. The van der Waals surface area contributed by atoms with E-state index >= 15 is 0 Å². The third-order valence-corrected chi connectivity index (χ3v) is 3.89. The molecule has 0 bridgehead atoms. The smallest absolute Gasteiger partial charge is 0.271 e. The Labute approximate surface area is 109 Å². The van der Waals surface area contributed by atoms with Crippen molar-refractivity contribution in [3.63, 3.8) is 0 Å². The number of aromatic amines is 1. The van der Waals surface area contributed by atoms with Gasteiger partial charge in [0.1, 0.15) is 5.78 Å². The molecule has 1 aromatic heterocycles. The van der Waals surface area contributed by atoms with Crippen LogP contribution in [0.4, 0.5) is 5.69 Å². The van der Waals surface area contributed by atoms with Gasteiger partial charge in [-0.1, -0.05) is 0 Å². The molecule has 1 fully saturated rings. The van der Waals surface area contributed by atoms with Gasteiger partial charge in [-0.05, 0) is 30.4 Å². The Morgan fingerprint density at radius 1 is 1.26 bits per heavy atom. The maximum atomic E-state index is 11.3. The molecule has 1 aliphatic rings. The van der Waals surface area contributed by atoms with E-state index in [2.05, 4.69) is 4.98 Å². The van der Waals surface area contributed by atoms with Crippen molar-refractivity contribution >= 4 is 22.4 Å². The lowest BCUT2D eigenvalue weighted by Crippen LogP contribution is -2.11. The highest BCUT2D eigenvalue weighted by Crippen LogP contribution is 2.36. The van der Waals surface area contributed by atoms with E-state index in [1.54, 1.807) is 12.1 Å². The van der Waals surface area contributed by atoms with Crippen molar-refractivity contribution in [2.75, 3.05) is 0 Å². The van der Waals surface area contributed by atoms with Crippen molar-refractivity contribution in [2.24, 2.45) is 0 Å². The summed E-state index contributed by atoms with van der Waals surface area (Å²) in [5.74, 6) is 0.722. The number of aromatic nitrogens is 1. The predicted octanol–water partition coefficient (Wildman–Crippen LogP) is 3.30. The highest BCUT2D eigenvalue weighted by Gasteiger charge is 2.23. The maximum Gasteiger partial charge on any atom is 0.271 e. The molecule has 0 atom stereocenters. The first kappa shape index (κ1) is 11.9. The number of hydrogen-bond acceptors (Lipinski definition) is 3. The van der Waals surface area contributed by atoms with Crippen molar-refractivity contribution in [3.8, 4) is 0 Å². The van der Waals surface area contributed by atoms with Crippen molar-refractivity contribution < 1.29 is 9.72 Å². The van der Waals surface area contributed by atoms with Gasteiger partial charge in [0.15, 0.2) is 0 Å². The lowest BCUT2D eigenvalue weighted by Gasteiger charge is -2.20. The Hall–Kier alpha value is -2.17. The number of hydrogen-bond donors (Lipinski definition) is 1. The van der Waals surface area contributed by atoms with Crippen LogP contribution in [0.2, 0.25) is 0 Å². The van der Waals surface area contributed by atoms with Crippen LogP contribution < -0.4 is 0 Å². The maximum absolute atomic E-state index is 11.3. The lowest BCUT2D eigenvalue weighted by molar-refractivity contribution is -0.384. The summed E-state index contributed by atoms with van der Waals surface area (Å²) in [7, 11) is 0. The molecular formula is C14H14N2O3. The molecule has 5 nitrogen and oxygen atoms in total. The van der Waals surface area contributed by atoms with Crippen molar-refractivity contribution in [1.82, 2.24) is 4.98 Å². The zero-order valence-corrected chi connectivity index (χ0v) is 10.4. The third-order valence-electron chi connectivity index (χ3n) is 3.89. The minimum absolute atomic E-state index is 0.0970. The monoisotopic (exact) mass is 258 g/mol. The first-order chi connectivity index (χ1) is 9.15. The number of carbonyl (C=O) groups excluding carboxylic acids is 1. The van der Waals surface area contributed by atoms with Crippen molar-refractivity contribution in [2.45, 2.75) is 31.6 Å². The number of nitro groups is 1. The van der Waals surface area contributed by atoms with Gasteiger partial charge in [0, 0.05) is 36.6 Å². The second kappa shape index (κ2) is 4.50. The molecule has 1 heterocycles. The molecule has 1 saturated carbocycles. The highest BCUT2D eigenvalue weighted by atomic mass is 16.6. The molecule has 1 N–H and O–H groups in total. The van der Waals surface area contributed by atoms with Gasteiger partial charge in [0.2, 0.25) is 0 Å². The summed E-state index contributed by atoms with van der Waals surface area (Å²) in [6, 6.07) is 4.90. The van der Waals surface area contributed by atoms with E-state index in [9.17, 15) is 14.9 Å². The van der Waals surface area contributed by atoms with E-state index in [1.165, 1.54) is 11.6 Å². The van der Waals surface area contributed by atoms with Crippen LogP contribution in [-0.4, -0.2) is 15.7 Å². The van der Waals surface area contributed by atoms with Crippen molar-refractivity contribution in [1.29, 1.82) is 0 Å². The Kier molecular flexibility index (Phi) is 2.81. The Bertz CT molecular complexity index is 650. The second-order valence-corrected chi connectivity index (χ2v) is 5.04. The zero-order chi connectivity index (χ0) is 13.4. The zero-order valence-electron chi connectivity index (χ0n) is 10.4. The van der Waals surface area contributed by atoms with Gasteiger partial charge in [-0.3, -0.25) is 14.9 Å². The quantitative estimate of drug-likeness (QED) is 0.663. The summed E-state index contributed by atoms with van der Waals surface area (Å²) in [6.07, 6.45) is 4.97. The summed E-state index contributed by atoms with van der Waals surface area (Å²) >= 11 is 0. The normalized spacial score (nSPS) is 16.9. The van der Waals surface area contributed by atoms with Gasteiger partial charge in [-0.25, -0.2) is 0 Å². The number of rotatable bonds is 2. The second-order valence-electron chi connectivity index (χ2n) is 5.04. The number of H-pyrrole nitrogens is 1. The van der Waals surface area contributed by atoms with Crippen LogP contribution in [0.5, 0.6) is 0 Å². The van der Waals surface area contributed by atoms with E-state index < -0.39 is 0 Å². The van der Waals surface area contributed by atoms with Crippen LogP contribution in [0.3, 0.4) is 0 Å². The number of Topliss-reactive ketones (excluding diaryl/α,β-unsaturated/α-hetero) is 1. The molecule has 0 radical (unpaired) electrons. The number of fused-ring (bicyclic) bond motifs is 1. The minimum Gasteiger partial charge on any atom is -0.361 e. The average molecular weight is 258 g/mol. The van der Waals surface area contributed by atoms with Crippen molar-refractivity contribution in [3.05, 3.63) is 40.1 Å². The molecule has 0 saturated heterocycles. The summed E-state index contributed by atoms with van der Waals surface area (Å²) in [6.45, 7) is 0. The number of nitrogens with zero attached hydrogens (tertiary/aromatic N) is 1. The standard InChI is InChI=1S/C14H14N2O3/c17-11-4-1-9(2-5-11)13-8-15-14-7-10(16(18)19)3-6-12(13)14/h3,6-9,15H,1-2,4-5H2. The number of benzene rings is 1. The van der Waals surface area contributed by atoms with Gasteiger partial charge >= 0.3 is 0 Å². The van der Waals surface area contributed by atoms with E-state index in [4.69, 9.17) is 0 Å². The summed E-state index contributed by atoms with van der Waals surface area (Å²) in [4.78, 5) is 24.7. The molecule has 0 amide bonds. The van der Waals surface area contributed by atoms with Crippen LogP contribution in [0.1, 0.15) is 37.2 Å². The molecule has 1 aromatic carbocycles. The SMILES string of the molecule is O=C1CCC(c2c[nH]c3cc([N+](=O)[O-])ccc23)CC1. The predicted molar refractivity (Wildman–Crippen MR) is 71.2 cm³/mol. The van der Waals surface area contributed by atoms with Gasteiger partial charge in [-0.15, -0.1) is 0 Å². The molecule has 0 unspecified atom stereocenters. The van der Waals surface area contributed by atoms with Crippen LogP contribution >= 0.6 is 0 Å². The first-order valence-electron chi connectivity index (χ1n) is 6.42. The van der Waals surface area contributed by atoms with Gasteiger partial charge in [0.25, 0.3) is 5.69 Å². The van der Waals surface area contributed by atoms with E-state index in [1.807, 2.05) is 6.20 Å². The molecule has 1 aliphatic carbocycles.